The Hall–Kier alpha value is -2.07. The molecule has 2 heterocycles. The van der Waals surface area contributed by atoms with E-state index in [1.807, 2.05) is 0 Å². The molecule has 0 bridgehead atoms. The molecule has 0 fully saturated rings. The highest BCUT2D eigenvalue weighted by molar-refractivity contribution is 7.08. The molecule has 0 spiro atoms. The van der Waals surface area contributed by atoms with Gasteiger partial charge in [0.25, 0.3) is 0 Å². The summed E-state index contributed by atoms with van der Waals surface area (Å²) in [5, 5.41) is 11.5. The second kappa shape index (κ2) is 4.55. The van der Waals surface area contributed by atoms with E-state index in [-0.39, 0.29) is 0 Å². The Morgan fingerprint density at radius 3 is 2.47 bits per heavy atom. The van der Waals surface area contributed by atoms with Gasteiger partial charge in [-0.25, -0.2) is 0 Å². The second-order valence-electron chi connectivity index (χ2n) is 4.69. The van der Waals surface area contributed by atoms with Crippen LogP contribution in [-0.4, -0.2) is 10.2 Å². The van der Waals surface area contributed by atoms with Crippen molar-refractivity contribution in [2.75, 3.05) is 5.73 Å². The average Bonchev–Trinajstić information content (AvgIpc) is 2.97. The lowest BCUT2D eigenvalue weighted by Crippen LogP contribution is -1.89. The van der Waals surface area contributed by atoms with Gasteiger partial charge in [0, 0.05) is 10.9 Å². The highest BCUT2D eigenvalue weighted by Crippen LogP contribution is 2.37. The van der Waals surface area contributed by atoms with Gasteiger partial charge in [0.15, 0.2) is 5.82 Å². The van der Waals surface area contributed by atoms with Crippen LogP contribution < -0.4 is 5.73 Å². The van der Waals surface area contributed by atoms with E-state index in [1.165, 1.54) is 16.7 Å². The van der Waals surface area contributed by atoms with Gasteiger partial charge in [-0.15, -0.1) is 0 Å². The third kappa shape index (κ3) is 2.04. The lowest BCUT2D eigenvalue weighted by atomic mass is 10.00. The number of nitrogens with zero attached hydrogens (tertiary/aromatic N) is 1. The van der Waals surface area contributed by atoms with E-state index in [2.05, 4.69) is 59.1 Å². The fourth-order valence-electron chi connectivity index (χ4n) is 2.18. The van der Waals surface area contributed by atoms with Crippen molar-refractivity contribution in [3.8, 4) is 22.4 Å². The van der Waals surface area contributed by atoms with Gasteiger partial charge >= 0.3 is 0 Å². The molecule has 0 aliphatic rings. The molecule has 0 amide bonds. The molecule has 3 rings (SSSR count). The lowest BCUT2D eigenvalue weighted by Gasteiger charge is -2.05. The van der Waals surface area contributed by atoms with Gasteiger partial charge in [-0.1, -0.05) is 29.8 Å². The van der Waals surface area contributed by atoms with E-state index < -0.39 is 0 Å². The van der Waals surface area contributed by atoms with Crippen LogP contribution in [0.4, 0.5) is 5.82 Å². The maximum Gasteiger partial charge on any atom is 0.153 e. The van der Waals surface area contributed by atoms with Crippen molar-refractivity contribution in [3.05, 3.63) is 46.2 Å². The summed E-state index contributed by atoms with van der Waals surface area (Å²) >= 11 is 1.69. The summed E-state index contributed by atoms with van der Waals surface area (Å²) in [7, 11) is 0. The number of nitrogens with two attached hydrogens (primary N) is 1. The second-order valence-corrected chi connectivity index (χ2v) is 5.44. The molecule has 1 aromatic carbocycles. The Kier molecular flexibility index (Phi) is 2.87. The number of anilines is 1. The summed E-state index contributed by atoms with van der Waals surface area (Å²) < 4.78 is 0. The number of nitrogens with one attached hydrogen (secondary N) is 1. The van der Waals surface area contributed by atoms with Crippen LogP contribution in [0.15, 0.2) is 35.0 Å². The number of aromatic nitrogens is 2. The first-order valence-corrected chi connectivity index (χ1v) is 7.05. The number of hydrogen-bond acceptors (Lipinski definition) is 3. The predicted molar refractivity (Wildman–Crippen MR) is 81.2 cm³/mol. The van der Waals surface area contributed by atoms with Crippen LogP contribution in [0.5, 0.6) is 0 Å². The van der Waals surface area contributed by atoms with Crippen LogP contribution in [0.2, 0.25) is 0 Å². The molecule has 3 aromatic rings. The average molecular weight is 269 g/mol. The maximum atomic E-state index is 6.03. The third-order valence-corrected chi connectivity index (χ3v) is 4.12. The van der Waals surface area contributed by atoms with Crippen LogP contribution in [-0.2, 0) is 0 Å². The number of benzene rings is 1. The molecule has 2 aromatic heterocycles. The molecule has 19 heavy (non-hydrogen) atoms. The number of nitrogen functional groups attached to an aromatic ring is 1. The van der Waals surface area contributed by atoms with E-state index in [0.717, 1.165) is 16.8 Å². The molecular weight excluding hydrogens is 254 g/mol. The minimum absolute atomic E-state index is 0.546. The molecule has 3 nitrogen and oxygen atoms in total. The van der Waals surface area contributed by atoms with E-state index in [1.54, 1.807) is 11.3 Å². The molecule has 0 saturated carbocycles. The Labute approximate surface area is 116 Å². The number of thiophene rings is 1. The van der Waals surface area contributed by atoms with E-state index in [9.17, 15) is 0 Å². The molecule has 0 unspecified atom stereocenters. The van der Waals surface area contributed by atoms with Gasteiger partial charge in [0.2, 0.25) is 0 Å². The van der Waals surface area contributed by atoms with Gasteiger partial charge in [0.05, 0.1) is 11.3 Å². The van der Waals surface area contributed by atoms with Crippen LogP contribution in [0.1, 0.15) is 11.1 Å². The smallest absolute Gasteiger partial charge is 0.153 e. The molecular formula is C15H15N3S. The van der Waals surface area contributed by atoms with Gasteiger partial charge < -0.3 is 5.73 Å². The first kappa shape index (κ1) is 12.0. The van der Waals surface area contributed by atoms with E-state index in [0.29, 0.717) is 5.82 Å². The largest absolute Gasteiger partial charge is 0.382 e. The minimum atomic E-state index is 0.546. The standard InChI is InChI=1S/C15H15N3S/c1-9-3-5-11(6-4-9)13-14(17-18-15(13)16)12-8-19-7-10(12)2/h3-8H,1-2H3,(H3,16,17,18). The van der Waals surface area contributed by atoms with Crippen molar-refractivity contribution in [2.45, 2.75) is 13.8 Å². The van der Waals surface area contributed by atoms with E-state index in [4.69, 9.17) is 5.73 Å². The van der Waals surface area contributed by atoms with Crippen LogP contribution in [0, 0.1) is 13.8 Å². The Morgan fingerprint density at radius 2 is 1.84 bits per heavy atom. The summed E-state index contributed by atoms with van der Waals surface area (Å²) in [5.41, 5.74) is 12.8. The fraction of sp³-hybridized carbons (Fsp3) is 0.133. The summed E-state index contributed by atoms with van der Waals surface area (Å²) in [6.07, 6.45) is 0. The van der Waals surface area contributed by atoms with E-state index >= 15 is 0 Å². The van der Waals surface area contributed by atoms with Crippen molar-refractivity contribution >= 4 is 17.2 Å². The summed E-state index contributed by atoms with van der Waals surface area (Å²) in [6, 6.07) is 8.35. The van der Waals surface area contributed by atoms with Crippen molar-refractivity contribution in [1.82, 2.24) is 10.2 Å². The van der Waals surface area contributed by atoms with Crippen LogP contribution in [0.3, 0.4) is 0 Å². The van der Waals surface area contributed by atoms with Crippen molar-refractivity contribution < 1.29 is 0 Å². The molecule has 3 N–H and O–H groups in total. The Balaban J connectivity index is 2.19. The SMILES string of the molecule is Cc1ccc(-c2c(N)n[nH]c2-c2cscc2C)cc1. The molecule has 0 saturated heterocycles. The van der Waals surface area contributed by atoms with Gasteiger partial charge in [-0.05, 0) is 30.4 Å². The molecule has 0 aliphatic heterocycles. The van der Waals surface area contributed by atoms with Gasteiger partial charge in [-0.3, -0.25) is 5.10 Å². The first-order chi connectivity index (χ1) is 9.16. The first-order valence-electron chi connectivity index (χ1n) is 6.11. The fourth-order valence-corrected chi connectivity index (χ4v) is 3.02. The lowest BCUT2D eigenvalue weighted by molar-refractivity contribution is 1.10. The zero-order chi connectivity index (χ0) is 13.4. The Morgan fingerprint density at radius 1 is 1.11 bits per heavy atom. The molecule has 4 heteroatoms. The number of H-pyrrole nitrogens is 1. The third-order valence-electron chi connectivity index (χ3n) is 3.26. The van der Waals surface area contributed by atoms with Crippen LogP contribution in [0.25, 0.3) is 22.4 Å². The summed E-state index contributed by atoms with van der Waals surface area (Å²) in [4.78, 5) is 0. The van der Waals surface area contributed by atoms with Gasteiger partial charge in [-0.2, -0.15) is 16.4 Å². The molecule has 0 aliphatic carbocycles. The highest BCUT2D eigenvalue weighted by atomic mass is 32.1. The Bertz CT molecular complexity index is 707. The topological polar surface area (TPSA) is 54.7 Å². The predicted octanol–water partition coefficient (Wildman–Crippen LogP) is 4.00. The minimum Gasteiger partial charge on any atom is -0.382 e. The van der Waals surface area contributed by atoms with Gasteiger partial charge in [0.1, 0.15) is 0 Å². The van der Waals surface area contributed by atoms with Crippen molar-refractivity contribution in [1.29, 1.82) is 0 Å². The zero-order valence-corrected chi connectivity index (χ0v) is 11.7. The summed E-state index contributed by atoms with van der Waals surface area (Å²) in [6.45, 7) is 4.17. The van der Waals surface area contributed by atoms with Crippen LogP contribution >= 0.6 is 11.3 Å². The number of aryl methyl sites for hydroxylation is 2. The number of hydrogen-bond donors (Lipinski definition) is 2. The molecule has 96 valence electrons. The van der Waals surface area contributed by atoms with Crippen molar-refractivity contribution in [2.24, 2.45) is 0 Å². The molecule has 0 radical (unpaired) electrons. The molecule has 0 atom stereocenters. The maximum absolute atomic E-state index is 6.03. The number of rotatable bonds is 2. The normalized spacial score (nSPS) is 10.8. The monoisotopic (exact) mass is 269 g/mol. The highest BCUT2D eigenvalue weighted by Gasteiger charge is 2.16. The summed E-state index contributed by atoms with van der Waals surface area (Å²) in [5.74, 6) is 0.546. The quantitative estimate of drug-likeness (QED) is 0.738. The zero-order valence-electron chi connectivity index (χ0n) is 10.9. The number of aromatic amines is 1. The van der Waals surface area contributed by atoms with Crippen molar-refractivity contribution in [3.63, 3.8) is 0 Å².